The number of carbonyl (C=O) groups is 3. The van der Waals surface area contributed by atoms with Crippen molar-refractivity contribution in [1.29, 1.82) is 0 Å². The van der Waals surface area contributed by atoms with Crippen molar-refractivity contribution < 1.29 is 23.9 Å². The number of nitrogens with zero attached hydrogens (tertiary/aromatic N) is 6. The van der Waals surface area contributed by atoms with Crippen LogP contribution in [0.3, 0.4) is 0 Å². The van der Waals surface area contributed by atoms with Crippen LogP contribution < -0.4 is 10.2 Å². The third-order valence-electron chi connectivity index (χ3n) is 7.62. The van der Waals surface area contributed by atoms with Gasteiger partial charge < -0.3 is 24.5 Å². The van der Waals surface area contributed by atoms with Crippen LogP contribution in [0.4, 0.5) is 5.69 Å². The number of hydrogen-bond acceptors (Lipinski definition) is 9. The molecule has 0 bridgehead atoms. The summed E-state index contributed by atoms with van der Waals surface area (Å²) in [5.74, 6) is -0.307. The highest BCUT2D eigenvalue weighted by Gasteiger charge is 2.50. The summed E-state index contributed by atoms with van der Waals surface area (Å²) in [6.45, 7) is 8.40. The van der Waals surface area contributed by atoms with E-state index in [2.05, 4.69) is 25.1 Å². The molecule has 0 aliphatic carbocycles. The van der Waals surface area contributed by atoms with Gasteiger partial charge in [-0.05, 0) is 42.1 Å². The highest BCUT2D eigenvalue weighted by molar-refractivity contribution is 5.96. The van der Waals surface area contributed by atoms with Gasteiger partial charge in [0.15, 0.2) is 5.78 Å². The zero-order valence-electron chi connectivity index (χ0n) is 22.1. The van der Waals surface area contributed by atoms with Crippen LogP contribution in [0.2, 0.25) is 0 Å². The minimum atomic E-state index is -0.654. The molecule has 0 saturated carbocycles. The largest absolute Gasteiger partial charge is 0.383 e. The Balaban J connectivity index is 1.27. The van der Waals surface area contributed by atoms with Crippen LogP contribution in [0.25, 0.3) is 10.4 Å². The van der Waals surface area contributed by atoms with E-state index in [1.807, 2.05) is 24.0 Å². The monoisotopic (exact) mass is 527 g/mol. The lowest BCUT2D eigenvalue weighted by molar-refractivity contribution is -0.121. The number of likely N-dealkylation sites (tertiary alicyclic amines) is 1. The van der Waals surface area contributed by atoms with Crippen molar-refractivity contribution in [2.75, 3.05) is 71.0 Å². The lowest BCUT2D eigenvalue weighted by Crippen LogP contribution is -2.47. The molecule has 1 amide bonds. The van der Waals surface area contributed by atoms with Crippen LogP contribution in [-0.4, -0.2) is 118 Å². The van der Waals surface area contributed by atoms with E-state index in [-0.39, 0.29) is 24.2 Å². The van der Waals surface area contributed by atoms with Gasteiger partial charge in [0.25, 0.3) is 5.91 Å². The number of Topliss-reactive ketones (excluding diaryl/α,β-unsaturated/α-hetero) is 1. The van der Waals surface area contributed by atoms with Gasteiger partial charge >= 0.3 is 0 Å². The van der Waals surface area contributed by atoms with E-state index in [1.54, 1.807) is 19.2 Å². The first-order valence-corrected chi connectivity index (χ1v) is 13.2. The SMILES string of the molecule is COCCN1CCN(c2ccc(C(=O)N[C@H](C=O)C[C@@H](C)CN3C[C@H](N=[N+]=[N-])[C@H]4OCC(=O)[C@H]43)cc2)CC1. The molecule has 1 aromatic carbocycles. The van der Waals surface area contributed by atoms with Gasteiger partial charge in [-0.15, -0.1) is 0 Å². The molecule has 0 spiro atoms. The van der Waals surface area contributed by atoms with Gasteiger partial charge in [0.2, 0.25) is 0 Å². The van der Waals surface area contributed by atoms with E-state index in [9.17, 15) is 14.4 Å². The van der Waals surface area contributed by atoms with Crippen molar-refractivity contribution >= 4 is 23.7 Å². The van der Waals surface area contributed by atoms with Crippen LogP contribution in [0.15, 0.2) is 29.4 Å². The number of amides is 1. The average Bonchev–Trinajstić information content (AvgIpc) is 3.48. The first kappa shape index (κ1) is 28.0. The number of benzene rings is 1. The van der Waals surface area contributed by atoms with E-state index in [4.69, 9.17) is 15.0 Å². The number of aldehydes is 1. The molecule has 38 heavy (non-hydrogen) atoms. The molecule has 12 nitrogen and oxygen atoms in total. The van der Waals surface area contributed by atoms with E-state index in [1.165, 1.54) is 0 Å². The standard InChI is InChI=1S/C26H37N7O5/c1-18(14-33-15-22(29-30-27)25-24(33)23(35)17-38-25)13-20(16-34)28-26(36)19-3-5-21(6-4-19)32-9-7-31(8-10-32)11-12-37-2/h3-6,16,18,20,22,24-25H,7-15,17H2,1-2H3,(H,28,36)/t18-,20+,22+,24-,25-/m1/s1. The van der Waals surface area contributed by atoms with Crippen LogP contribution in [-0.2, 0) is 19.1 Å². The molecule has 1 N–H and O–H groups in total. The average molecular weight is 528 g/mol. The van der Waals surface area contributed by atoms with Gasteiger partial charge in [-0.1, -0.05) is 12.0 Å². The van der Waals surface area contributed by atoms with E-state index in [0.29, 0.717) is 25.1 Å². The quantitative estimate of drug-likeness (QED) is 0.185. The summed E-state index contributed by atoms with van der Waals surface area (Å²) in [5.41, 5.74) is 10.4. The predicted octanol–water partition coefficient (Wildman–Crippen LogP) is 1.11. The number of nitrogens with one attached hydrogen (secondary N) is 1. The molecule has 0 unspecified atom stereocenters. The fourth-order valence-corrected chi connectivity index (χ4v) is 5.67. The Hall–Kier alpha value is -3.02. The Bertz CT molecular complexity index is 1020. The van der Waals surface area contributed by atoms with E-state index in [0.717, 1.165) is 51.3 Å². The van der Waals surface area contributed by atoms with Gasteiger partial charge in [0.1, 0.15) is 12.9 Å². The van der Waals surface area contributed by atoms with Crippen molar-refractivity contribution in [3.05, 3.63) is 40.3 Å². The van der Waals surface area contributed by atoms with Gasteiger partial charge in [0, 0.05) is 69.1 Å². The molecule has 3 fully saturated rings. The summed E-state index contributed by atoms with van der Waals surface area (Å²) in [4.78, 5) is 46.5. The number of azide groups is 1. The maximum atomic E-state index is 12.9. The van der Waals surface area contributed by atoms with Gasteiger partial charge in [-0.25, -0.2) is 0 Å². The van der Waals surface area contributed by atoms with Gasteiger partial charge in [0.05, 0.1) is 30.8 Å². The fourth-order valence-electron chi connectivity index (χ4n) is 5.67. The molecular formula is C26H37N7O5. The first-order chi connectivity index (χ1) is 18.4. The van der Waals surface area contributed by atoms with E-state index >= 15 is 0 Å². The molecule has 0 radical (unpaired) electrons. The summed E-state index contributed by atoms with van der Waals surface area (Å²) in [6.07, 6.45) is 0.760. The zero-order valence-corrected chi connectivity index (χ0v) is 22.1. The maximum Gasteiger partial charge on any atom is 0.251 e. The van der Waals surface area contributed by atoms with Crippen molar-refractivity contribution in [3.63, 3.8) is 0 Å². The second kappa shape index (κ2) is 13.2. The number of ketones is 1. The highest BCUT2D eigenvalue weighted by Crippen LogP contribution is 2.30. The van der Waals surface area contributed by atoms with Crippen molar-refractivity contribution in [3.8, 4) is 0 Å². The van der Waals surface area contributed by atoms with Crippen LogP contribution in [0.5, 0.6) is 0 Å². The van der Waals surface area contributed by atoms with Crippen molar-refractivity contribution in [1.82, 2.24) is 15.1 Å². The smallest absolute Gasteiger partial charge is 0.251 e. The Morgan fingerprint density at radius 3 is 2.68 bits per heavy atom. The first-order valence-electron chi connectivity index (χ1n) is 13.2. The minimum Gasteiger partial charge on any atom is -0.383 e. The summed E-state index contributed by atoms with van der Waals surface area (Å²) in [5, 5.41) is 6.63. The number of carbonyl (C=O) groups excluding carboxylic acids is 3. The highest BCUT2D eigenvalue weighted by atomic mass is 16.5. The fraction of sp³-hybridized carbons (Fsp3) is 0.654. The molecule has 4 rings (SSSR count). The summed E-state index contributed by atoms with van der Waals surface area (Å²) in [7, 11) is 1.72. The lowest BCUT2D eigenvalue weighted by Gasteiger charge is -2.36. The molecule has 206 valence electrons. The van der Waals surface area contributed by atoms with Gasteiger partial charge in [-0.3, -0.25) is 19.4 Å². The summed E-state index contributed by atoms with van der Waals surface area (Å²) < 4.78 is 10.7. The topological polar surface area (TPSA) is 140 Å². The predicted molar refractivity (Wildman–Crippen MR) is 141 cm³/mol. The van der Waals surface area contributed by atoms with Crippen molar-refractivity contribution in [2.24, 2.45) is 11.0 Å². The third kappa shape index (κ3) is 6.69. The Morgan fingerprint density at radius 1 is 1.29 bits per heavy atom. The second-order valence-electron chi connectivity index (χ2n) is 10.3. The number of methoxy groups -OCH3 is 1. The van der Waals surface area contributed by atoms with Crippen molar-refractivity contribution in [2.45, 2.75) is 37.6 Å². The Morgan fingerprint density at radius 2 is 2.03 bits per heavy atom. The van der Waals surface area contributed by atoms with Gasteiger partial charge in [-0.2, -0.15) is 0 Å². The molecule has 3 aliphatic rings. The number of anilines is 1. The third-order valence-corrected chi connectivity index (χ3v) is 7.62. The summed E-state index contributed by atoms with van der Waals surface area (Å²) >= 11 is 0. The molecule has 5 atom stereocenters. The molecule has 0 aromatic heterocycles. The molecule has 3 aliphatic heterocycles. The molecule has 3 saturated heterocycles. The number of fused-ring (bicyclic) bond motifs is 1. The second-order valence-corrected chi connectivity index (χ2v) is 10.3. The Kier molecular flexibility index (Phi) is 9.70. The number of hydrogen-bond donors (Lipinski definition) is 1. The number of piperazine rings is 1. The summed E-state index contributed by atoms with van der Waals surface area (Å²) in [6, 6.07) is 5.99. The van der Waals surface area contributed by atoms with Crippen LogP contribution in [0.1, 0.15) is 23.7 Å². The normalized spacial score (nSPS) is 25.5. The van der Waals surface area contributed by atoms with Crippen LogP contribution >= 0.6 is 0 Å². The maximum absolute atomic E-state index is 12.9. The number of ether oxygens (including phenoxy) is 2. The van der Waals surface area contributed by atoms with E-state index < -0.39 is 24.2 Å². The Labute approximate surface area is 222 Å². The number of rotatable bonds is 12. The molecule has 12 heteroatoms. The minimum absolute atomic E-state index is 0.00861. The lowest BCUT2D eigenvalue weighted by atomic mass is 10.0. The molecular weight excluding hydrogens is 490 g/mol. The molecule has 1 aromatic rings. The molecule has 3 heterocycles. The van der Waals surface area contributed by atoms with Crippen LogP contribution in [0, 0.1) is 5.92 Å². The zero-order chi connectivity index (χ0) is 27.1.